The number of ether oxygens (including phenoxy) is 5. The molecule has 148 valence electrons. The number of aliphatic hydroxyl groups is 5. The molecule has 0 bridgehead atoms. The van der Waals surface area contributed by atoms with Crippen LogP contribution in [0.2, 0.25) is 0 Å². The number of epoxide rings is 1. The van der Waals surface area contributed by atoms with Gasteiger partial charge in [-0.15, -0.1) is 0 Å². The zero-order valence-electron chi connectivity index (χ0n) is 14.1. The third-order valence-corrected chi connectivity index (χ3v) is 5.87. The van der Waals surface area contributed by atoms with Gasteiger partial charge in [0.25, 0.3) is 0 Å². The predicted molar refractivity (Wildman–Crippen MR) is 81.3 cm³/mol. The number of hydrogen-bond donors (Lipinski definition) is 5. The highest BCUT2D eigenvalue weighted by molar-refractivity contribution is 5.25. The van der Waals surface area contributed by atoms with Gasteiger partial charge in [0.05, 0.1) is 31.5 Å². The lowest BCUT2D eigenvalue weighted by atomic mass is 9.85. The predicted octanol–water partition coefficient (Wildman–Crippen LogP) is -2.94. The highest BCUT2D eigenvalue weighted by Crippen LogP contribution is 2.60. The topological polar surface area (TPSA) is 151 Å². The van der Waals surface area contributed by atoms with E-state index in [0.717, 1.165) is 0 Å². The Balaban J connectivity index is 1.54. The summed E-state index contributed by atoms with van der Waals surface area (Å²) in [5.41, 5.74) is -0.866. The van der Waals surface area contributed by atoms with Crippen molar-refractivity contribution in [3.8, 4) is 0 Å². The fraction of sp³-hybridized carbons (Fsp3) is 0.875. The van der Waals surface area contributed by atoms with Crippen molar-refractivity contribution < 1.29 is 49.2 Å². The van der Waals surface area contributed by atoms with Gasteiger partial charge in [-0.1, -0.05) is 0 Å². The van der Waals surface area contributed by atoms with Gasteiger partial charge in [0.1, 0.15) is 36.1 Å². The number of rotatable bonds is 5. The first-order chi connectivity index (χ1) is 12.5. The number of fused-ring (bicyclic) bond motifs is 3. The molecule has 4 aliphatic rings. The van der Waals surface area contributed by atoms with E-state index in [4.69, 9.17) is 23.7 Å². The van der Waals surface area contributed by atoms with Crippen LogP contribution in [0.4, 0.5) is 0 Å². The lowest BCUT2D eigenvalue weighted by molar-refractivity contribution is -0.344. The Hall–Kier alpha value is -0.820. The average Bonchev–Trinajstić information content (AvgIpc) is 3.31. The summed E-state index contributed by atoms with van der Waals surface area (Å²) in [4.78, 5) is 0. The summed E-state index contributed by atoms with van der Waals surface area (Å²) in [6.07, 6.45) is -5.21. The third-order valence-electron chi connectivity index (χ3n) is 5.87. The van der Waals surface area contributed by atoms with E-state index in [0.29, 0.717) is 0 Å². The summed E-state index contributed by atoms with van der Waals surface area (Å²) < 4.78 is 27.9. The van der Waals surface area contributed by atoms with E-state index in [-0.39, 0.29) is 24.7 Å². The minimum Gasteiger partial charge on any atom is -0.472 e. The molecule has 26 heavy (non-hydrogen) atoms. The lowest BCUT2D eigenvalue weighted by Gasteiger charge is -2.43. The van der Waals surface area contributed by atoms with Crippen LogP contribution >= 0.6 is 0 Å². The summed E-state index contributed by atoms with van der Waals surface area (Å²) in [5.74, 6) is -0.547. The fourth-order valence-corrected chi connectivity index (χ4v) is 4.43. The summed E-state index contributed by atoms with van der Waals surface area (Å²) in [7, 11) is 1.56. The number of aliphatic hydroxyl groups excluding tert-OH is 5. The molecule has 10 nitrogen and oxygen atoms in total. The highest BCUT2D eigenvalue weighted by Gasteiger charge is 2.76. The molecule has 1 saturated carbocycles. The van der Waals surface area contributed by atoms with E-state index in [2.05, 4.69) is 0 Å². The first-order valence-corrected chi connectivity index (χ1v) is 8.58. The van der Waals surface area contributed by atoms with Crippen LogP contribution in [-0.4, -0.2) is 101 Å². The summed E-state index contributed by atoms with van der Waals surface area (Å²) in [6, 6.07) is 0. The molecule has 0 aromatic carbocycles. The zero-order valence-corrected chi connectivity index (χ0v) is 14.1. The molecular weight excluding hydrogens is 352 g/mol. The minimum absolute atomic E-state index is 0.130. The van der Waals surface area contributed by atoms with Crippen LogP contribution in [0, 0.1) is 11.8 Å². The molecule has 11 atom stereocenters. The quantitative estimate of drug-likeness (QED) is 0.315. The van der Waals surface area contributed by atoms with Crippen molar-refractivity contribution in [1.29, 1.82) is 0 Å². The molecule has 2 saturated heterocycles. The van der Waals surface area contributed by atoms with Gasteiger partial charge in [0, 0.05) is 13.0 Å². The van der Waals surface area contributed by atoms with Crippen LogP contribution in [0.3, 0.4) is 0 Å². The van der Waals surface area contributed by atoms with Gasteiger partial charge >= 0.3 is 0 Å². The van der Waals surface area contributed by atoms with E-state index in [9.17, 15) is 25.5 Å². The largest absolute Gasteiger partial charge is 0.472 e. The zero-order chi connectivity index (χ0) is 18.6. The molecule has 4 rings (SSSR count). The Bertz CT molecular complexity index is 555. The Morgan fingerprint density at radius 3 is 2.50 bits per heavy atom. The van der Waals surface area contributed by atoms with Crippen molar-refractivity contribution in [1.82, 2.24) is 0 Å². The Labute approximate surface area is 149 Å². The second kappa shape index (κ2) is 6.66. The molecule has 3 fully saturated rings. The van der Waals surface area contributed by atoms with E-state index < -0.39 is 55.1 Å². The van der Waals surface area contributed by atoms with Gasteiger partial charge in [-0.3, -0.25) is 0 Å². The summed E-state index contributed by atoms with van der Waals surface area (Å²) in [5, 5.41) is 49.1. The van der Waals surface area contributed by atoms with Crippen LogP contribution in [0.5, 0.6) is 0 Å². The van der Waals surface area contributed by atoms with Crippen molar-refractivity contribution in [2.45, 2.75) is 54.8 Å². The molecule has 0 aromatic heterocycles. The maximum Gasteiger partial charge on any atom is 0.208 e. The van der Waals surface area contributed by atoms with E-state index in [1.54, 1.807) is 7.11 Å². The first-order valence-electron chi connectivity index (χ1n) is 8.58. The van der Waals surface area contributed by atoms with Crippen molar-refractivity contribution in [3.05, 3.63) is 12.3 Å². The van der Waals surface area contributed by atoms with Crippen LogP contribution in [-0.2, 0) is 23.7 Å². The van der Waals surface area contributed by atoms with Crippen LogP contribution < -0.4 is 0 Å². The molecule has 5 N–H and O–H groups in total. The van der Waals surface area contributed by atoms with Crippen molar-refractivity contribution in [2.75, 3.05) is 20.3 Å². The molecule has 0 spiro atoms. The summed E-state index contributed by atoms with van der Waals surface area (Å²) in [6.45, 7) is -0.801. The van der Waals surface area contributed by atoms with Gasteiger partial charge < -0.3 is 49.2 Å². The first kappa shape index (κ1) is 18.5. The van der Waals surface area contributed by atoms with Gasteiger partial charge in [-0.25, -0.2) is 0 Å². The van der Waals surface area contributed by atoms with Crippen LogP contribution in [0.1, 0.15) is 0 Å². The molecule has 3 heterocycles. The smallest absolute Gasteiger partial charge is 0.208 e. The molecule has 1 aliphatic carbocycles. The van der Waals surface area contributed by atoms with Crippen molar-refractivity contribution in [2.24, 2.45) is 11.8 Å². The van der Waals surface area contributed by atoms with Crippen LogP contribution in [0.15, 0.2) is 12.3 Å². The molecule has 10 heteroatoms. The van der Waals surface area contributed by atoms with E-state index >= 15 is 0 Å². The second-order valence-corrected chi connectivity index (χ2v) is 7.12. The SMILES string of the molecule is CO[C@H]1[C@@H]2C=CO[C@H](O[C@@H]3O[C@H](CO)[C@@H](O)[C@H](O)[C@H]3O)[C@@H]2[C@@]2(CO)O[C@@H]12. The maximum absolute atomic E-state index is 10.2. The fourth-order valence-electron chi connectivity index (χ4n) is 4.43. The van der Waals surface area contributed by atoms with Crippen LogP contribution in [0.25, 0.3) is 0 Å². The second-order valence-electron chi connectivity index (χ2n) is 7.12. The van der Waals surface area contributed by atoms with Gasteiger partial charge in [-0.05, 0) is 6.08 Å². The Kier molecular flexibility index (Phi) is 4.75. The third kappa shape index (κ3) is 2.53. The van der Waals surface area contributed by atoms with Crippen molar-refractivity contribution >= 4 is 0 Å². The lowest BCUT2D eigenvalue weighted by Crippen LogP contribution is -2.60. The van der Waals surface area contributed by atoms with E-state index in [1.165, 1.54) is 6.26 Å². The minimum atomic E-state index is -1.55. The molecule has 3 aliphatic heterocycles. The number of hydrogen-bond acceptors (Lipinski definition) is 10. The molecule has 0 radical (unpaired) electrons. The molecule has 0 unspecified atom stereocenters. The van der Waals surface area contributed by atoms with E-state index in [1.807, 2.05) is 6.08 Å². The monoisotopic (exact) mass is 376 g/mol. The van der Waals surface area contributed by atoms with Gasteiger partial charge in [0.15, 0.2) is 6.29 Å². The Morgan fingerprint density at radius 1 is 1.08 bits per heavy atom. The Morgan fingerprint density at radius 2 is 1.85 bits per heavy atom. The van der Waals surface area contributed by atoms with Crippen molar-refractivity contribution in [3.63, 3.8) is 0 Å². The summed E-state index contributed by atoms with van der Waals surface area (Å²) >= 11 is 0. The molecule has 0 amide bonds. The van der Waals surface area contributed by atoms with Gasteiger partial charge in [-0.2, -0.15) is 0 Å². The number of methoxy groups -OCH3 is 1. The average molecular weight is 376 g/mol. The highest BCUT2D eigenvalue weighted by atomic mass is 16.8. The standard InChI is InChI=1S/C16H24O10/c1-22-12-6-2-3-23-14(8(6)16(5-18)13(12)26-16)25-15-11(21)10(20)9(19)7(4-17)24-15/h2-3,6-15,17-21H,4-5H2,1H3/t6-,7-,8-,9-,10+,11-,12+,13+,14-,15+,16-/m1/s1. The normalized spacial score (nSPS) is 55.2. The van der Waals surface area contributed by atoms with Gasteiger partial charge in [0.2, 0.25) is 6.29 Å². The maximum atomic E-state index is 10.2. The molecule has 0 aromatic rings. The molecular formula is C16H24O10.